The van der Waals surface area contributed by atoms with E-state index >= 15 is 0 Å². The third-order valence-corrected chi connectivity index (χ3v) is 3.26. The number of halogens is 1. The molecule has 2 aromatic rings. The molecule has 3 nitrogen and oxygen atoms in total. The number of nitrogens with two attached hydrogens (primary N) is 1. The highest BCUT2D eigenvalue weighted by Gasteiger charge is 1.99. The summed E-state index contributed by atoms with van der Waals surface area (Å²) in [5.41, 5.74) is 6.53. The van der Waals surface area contributed by atoms with E-state index in [-0.39, 0.29) is 0 Å². The Labute approximate surface area is 106 Å². The minimum Gasteiger partial charge on any atom is -0.493 e. The first-order valence-corrected chi connectivity index (χ1v) is 6.49. The molecule has 2 N–H and O–H groups in total. The van der Waals surface area contributed by atoms with Gasteiger partial charge < -0.3 is 10.5 Å². The molecule has 5 heteroatoms. The fourth-order valence-electron chi connectivity index (χ4n) is 1.24. The minimum absolute atomic E-state index is 0.610. The standard InChI is InChI=1S/C11H11BrN2OS/c12-8-1-3-10(4-2-8)15-6-5-9-7-16-11(13)14-9/h1-4,7H,5-6H2,(H2,13,14). The average molecular weight is 299 g/mol. The molecule has 0 aliphatic heterocycles. The fraction of sp³-hybridized carbons (Fsp3) is 0.182. The average Bonchev–Trinajstić information content (AvgIpc) is 2.67. The first-order chi connectivity index (χ1) is 7.74. The molecule has 0 spiro atoms. The largest absolute Gasteiger partial charge is 0.493 e. The van der Waals surface area contributed by atoms with Crippen molar-refractivity contribution in [3.05, 3.63) is 39.8 Å². The summed E-state index contributed by atoms with van der Waals surface area (Å²) in [6.07, 6.45) is 0.782. The zero-order chi connectivity index (χ0) is 11.4. The van der Waals surface area contributed by atoms with E-state index in [2.05, 4.69) is 20.9 Å². The van der Waals surface area contributed by atoms with Crippen molar-refractivity contribution in [2.75, 3.05) is 12.3 Å². The number of hydrogen-bond acceptors (Lipinski definition) is 4. The summed E-state index contributed by atoms with van der Waals surface area (Å²) in [5, 5.41) is 2.57. The van der Waals surface area contributed by atoms with Crippen molar-refractivity contribution in [3.63, 3.8) is 0 Å². The Kier molecular flexibility index (Phi) is 3.79. The Morgan fingerprint density at radius 2 is 2.06 bits per heavy atom. The molecule has 0 atom stereocenters. The number of benzene rings is 1. The van der Waals surface area contributed by atoms with Gasteiger partial charge in [-0.2, -0.15) is 0 Å². The summed E-state index contributed by atoms with van der Waals surface area (Å²) in [4.78, 5) is 4.16. The number of ether oxygens (including phenoxy) is 1. The van der Waals surface area contributed by atoms with E-state index in [4.69, 9.17) is 10.5 Å². The summed E-state index contributed by atoms with van der Waals surface area (Å²) in [6.45, 7) is 0.616. The van der Waals surface area contributed by atoms with Crippen LogP contribution >= 0.6 is 27.3 Å². The molecule has 0 bridgehead atoms. The van der Waals surface area contributed by atoms with Gasteiger partial charge in [0.25, 0.3) is 0 Å². The maximum Gasteiger partial charge on any atom is 0.180 e. The zero-order valence-electron chi connectivity index (χ0n) is 8.52. The molecule has 1 aromatic carbocycles. The zero-order valence-corrected chi connectivity index (χ0v) is 10.9. The number of rotatable bonds is 4. The molecule has 0 unspecified atom stereocenters. The molecule has 0 amide bonds. The van der Waals surface area contributed by atoms with E-state index in [1.807, 2.05) is 29.6 Å². The van der Waals surface area contributed by atoms with Crippen molar-refractivity contribution < 1.29 is 4.74 Å². The van der Waals surface area contributed by atoms with Gasteiger partial charge in [0.05, 0.1) is 12.3 Å². The number of thiazole rings is 1. The van der Waals surface area contributed by atoms with Gasteiger partial charge in [-0.15, -0.1) is 11.3 Å². The second-order valence-corrected chi connectivity index (χ2v) is 5.03. The molecule has 0 aliphatic carbocycles. The maximum atomic E-state index is 5.58. The van der Waals surface area contributed by atoms with Crippen LogP contribution in [0, 0.1) is 0 Å². The number of nitrogens with zero attached hydrogens (tertiary/aromatic N) is 1. The molecule has 84 valence electrons. The Hall–Kier alpha value is -1.07. The maximum absolute atomic E-state index is 5.58. The van der Waals surface area contributed by atoms with Gasteiger partial charge in [0.15, 0.2) is 5.13 Å². The molecule has 0 saturated carbocycles. The second-order valence-electron chi connectivity index (χ2n) is 3.23. The van der Waals surface area contributed by atoms with Gasteiger partial charge in [0.1, 0.15) is 5.75 Å². The highest BCUT2D eigenvalue weighted by molar-refractivity contribution is 9.10. The predicted octanol–water partition coefficient (Wildman–Crippen LogP) is 3.11. The van der Waals surface area contributed by atoms with Crippen LogP contribution in [-0.2, 0) is 6.42 Å². The van der Waals surface area contributed by atoms with Crippen LogP contribution in [0.15, 0.2) is 34.1 Å². The van der Waals surface area contributed by atoms with Crippen LogP contribution in [0.3, 0.4) is 0 Å². The normalized spacial score (nSPS) is 10.3. The molecule has 16 heavy (non-hydrogen) atoms. The van der Waals surface area contributed by atoms with Crippen LogP contribution < -0.4 is 10.5 Å². The topological polar surface area (TPSA) is 48.1 Å². The summed E-state index contributed by atoms with van der Waals surface area (Å²) in [6, 6.07) is 7.77. The second kappa shape index (κ2) is 5.32. The predicted molar refractivity (Wildman–Crippen MR) is 69.9 cm³/mol. The van der Waals surface area contributed by atoms with Crippen LogP contribution in [0.2, 0.25) is 0 Å². The monoisotopic (exact) mass is 298 g/mol. The van der Waals surface area contributed by atoms with Gasteiger partial charge in [-0.25, -0.2) is 4.98 Å². The van der Waals surface area contributed by atoms with Crippen molar-refractivity contribution >= 4 is 32.4 Å². The van der Waals surface area contributed by atoms with Gasteiger partial charge in [0, 0.05) is 16.3 Å². The van der Waals surface area contributed by atoms with Crippen LogP contribution in [0.25, 0.3) is 0 Å². The van der Waals surface area contributed by atoms with Gasteiger partial charge in [0.2, 0.25) is 0 Å². The number of anilines is 1. The molecular formula is C11H11BrN2OS. The smallest absolute Gasteiger partial charge is 0.180 e. The van der Waals surface area contributed by atoms with Crippen LogP contribution in [-0.4, -0.2) is 11.6 Å². The van der Waals surface area contributed by atoms with E-state index in [9.17, 15) is 0 Å². The first kappa shape index (κ1) is 11.4. The number of hydrogen-bond donors (Lipinski definition) is 1. The highest BCUT2D eigenvalue weighted by Crippen LogP contribution is 2.17. The Morgan fingerprint density at radius 1 is 1.31 bits per heavy atom. The molecule has 2 rings (SSSR count). The van der Waals surface area contributed by atoms with Crippen molar-refractivity contribution in [2.24, 2.45) is 0 Å². The molecule has 0 saturated heterocycles. The van der Waals surface area contributed by atoms with Crippen molar-refractivity contribution in [2.45, 2.75) is 6.42 Å². The summed E-state index contributed by atoms with van der Waals surface area (Å²) >= 11 is 4.83. The Balaban J connectivity index is 1.82. The van der Waals surface area contributed by atoms with E-state index < -0.39 is 0 Å². The van der Waals surface area contributed by atoms with Crippen LogP contribution in [0.4, 0.5) is 5.13 Å². The summed E-state index contributed by atoms with van der Waals surface area (Å²) < 4.78 is 6.63. The van der Waals surface area contributed by atoms with Crippen molar-refractivity contribution in [3.8, 4) is 5.75 Å². The molecule has 1 heterocycles. The lowest BCUT2D eigenvalue weighted by Gasteiger charge is -2.04. The van der Waals surface area contributed by atoms with Gasteiger partial charge in [-0.05, 0) is 24.3 Å². The lowest BCUT2D eigenvalue weighted by atomic mass is 10.3. The van der Waals surface area contributed by atoms with Crippen molar-refractivity contribution in [1.82, 2.24) is 4.98 Å². The Morgan fingerprint density at radius 3 is 2.69 bits per heavy atom. The lowest BCUT2D eigenvalue weighted by Crippen LogP contribution is -2.01. The summed E-state index contributed by atoms with van der Waals surface area (Å²) in [5.74, 6) is 0.867. The fourth-order valence-corrected chi connectivity index (χ4v) is 2.10. The lowest BCUT2D eigenvalue weighted by molar-refractivity contribution is 0.321. The minimum atomic E-state index is 0.610. The SMILES string of the molecule is Nc1nc(CCOc2ccc(Br)cc2)cs1. The number of nitrogen functional groups attached to an aromatic ring is 1. The molecule has 0 radical (unpaired) electrons. The molecular weight excluding hydrogens is 288 g/mol. The van der Waals surface area contributed by atoms with E-state index in [1.165, 1.54) is 11.3 Å². The van der Waals surface area contributed by atoms with Crippen LogP contribution in [0.1, 0.15) is 5.69 Å². The third kappa shape index (κ3) is 3.21. The molecule has 0 fully saturated rings. The quantitative estimate of drug-likeness (QED) is 0.943. The highest BCUT2D eigenvalue weighted by atomic mass is 79.9. The van der Waals surface area contributed by atoms with Crippen molar-refractivity contribution in [1.29, 1.82) is 0 Å². The first-order valence-electron chi connectivity index (χ1n) is 4.82. The van der Waals surface area contributed by atoms with Gasteiger partial charge in [-0.3, -0.25) is 0 Å². The third-order valence-electron chi connectivity index (χ3n) is 2.01. The Bertz CT molecular complexity index is 455. The molecule has 0 aliphatic rings. The van der Waals surface area contributed by atoms with Gasteiger partial charge in [-0.1, -0.05) is 15.9 Å². The summed E-state index contributed by atoms with van der Waals surface area (Å²) in [7, 11) is 0. The van der Waals surface area contributed by atoms with E-state index in [0.717, 1.165) is 22.3 Å². The number of aromatic nitrogens is 1. The molecule has 1 aromatic heterocycles. The van der Waals surface area contributed by atoms with E-state index in [0.29, 0.717) is 11.7 Å². The van der Waals surface area contributed by atoms with Gasteiger partial charge >= 0.3 is 0 Å². The van der Waals surface area contributed by atoms with E-state index in [1.54, 1.807) is 0 Å². The van der Waals surface area contributed by atoms with Crippen LogP contribution in [0.5, 0.6) is 5.75 Å².